The minimum Gasteiger partial charge on any atom is -0.420 e. The molecule has 2 nitrogen and oxygen atoms in total. The van der Waals surface area contributed by atoms with E-state index in [4.69, 9.17) is 8.85 Å². The van der Waals surface area contributed by atoms with Gasteiger partial charge < -0.3 is 8.85 Å². The van der Waals surface area contributed by atoms with Crippen LogP contribution in [0.3, 0.4) is 0 Å². The fourth-order valence-corrected chi connectivity index (χ4v) is 14.2. The second kappa shape index (κ2) is 14.5. The van der Waals surface area contributed by atoms with Gasteiger partial charge in [-0.05, 0) is 36.3 Å². The molecule has 0 aliphatic rings. The van der Waals surface area contributed by atoms with Crippen molar-refractivity contribution in [3.63, 3.8) is 0 Å². The number of hydrogen-bond donors (Lipinski definition) is 0. The summed E-state index contributed by atoms with van der Waals surface area (Å²) in [6.45, 7) is 9.24. The molecule has 0 aromatic rings. The summed E-state index contributed by atoms with van der Waals surface area (Å²) < 4.78 is 12.6. The highest BCUT2D eigenvalue weighted by Gasteiger charge is 2.39. The third-order valence-corrected chi connectivity index (χ3v) is 15.5. The van der Waals surface area contributed by atoms with Crippen molar-refractivity contribution in [2.45, 2.75) is 115 Å². The second-order valence-electron chi connectivity index (χ2n) is 7.69. The predicted octanol–water partition coefficient (Wildman–Crippen LogP) is 7.37. The van der Waals surface area contributed by atoms with Crippen LogP contribution >= 0.6 is 0 Å². The van der Waals surface area contributed by atoms with Crippen LogP contribution in [0.2, 0.25) is 36.3 Å². The van der Waals surface area contributed by atoms with E-state index in [0.29, 0.717) is 0 Å². The molecule has 0 heterocycles. The lowest BCUT2D eigenvalue weighted by Crippen LogP contribution is -2.43. The van der Waals surface area contributed by atoms with Crippen molar-refractivity contribution in [2.75, 3.05) is 14.2 Å². The van der Waals surface area contributed by atoms with Crippen molar-refractivity contribution < 1.29 is 8.85 Å². The van der Waals surface area contributed by atoms with Gasteiger partial charge in [-0.2, -0.15) is 0 Å². The Bertz CT molecular complexity index is 241. The molecule has 0 bridgehead atoms. The molecule has 0 saturated carbocycles. The standard InChI is InChI=1S/C20H46O2Si2/c1-7-11-15-23(21-5,16-12-8-2)19-20-24(22-6,17-13-9-3)18-14-10-4/h7-20H2,1-6H3. The fourth-order valence-electron chi connectivity index (χ4n) is 3.81. The van der Waals surface area contributed by atoms with Gasteiger partial charge in [0.1, 0.15) is 0 Å². The lowest BCUT2D eigenvalue weighted by molar-refractivity contribution is 0.373. The Morgan fingerprint density at radius 2 is 0.708 bits per heavy atom. The van der Waals surface area contributed by atoms with E-state index >= 15 is 0 Å². The molecule has 24 heavy (non-hydrogen) atoms. The van der Waals surface area contributed by atoms with Gasteiger partial charge in [0, 0.05) is 14.2 Å². The zero-order chi connectivity index (χ0) is 18.3. The molecule has 4 heteroatoms. The number of rotatable bonds is 17. The Morgan fingerprint density at radius 3 is 0.875 bits per heavy atom. The Morgan fingerprint density at radius 1 is 0.458 bits per heavy atom. The first-order chi connectivity index (χ1) is 11.6. The quantitative estimate of drug-likeness (QED) is 0.247. The van der Waals surface area contributed by atoms with Gasteiger partial charge >= 0.3 is 0 Å². The maximum atomic E-state index is 6.30. The van der Waals surface area contributed by atoms with Crippen LogP contribution in [0.15, 0.2) is 0 Å². The zero-order valence-electron chi connectivity index (χ0n) is 17.7. The van der Waals surface area contributed by atoms with Crippen molar-refractivity contribution in [3.05, 3.63) is 0 Å². The summed E-state index contributed by atoms with van der Waals surface area (Å²) in [6, 6.07) is 8.12. The summed E-state index contributed by atoms with van der Waals surface area (Å²) in [5.41, 5.74) is 0. The molecule has 0 aromatic heterocycles. The third kappa shape index (κ3) is 9.16. The van der Waals surface area contributed by atoms with Crippen LogP contribution in [0.5, 0.6) is 0 Å². The first-order valence-electron chi connectivity index (χ1n) is 10.7. The maximum absolute atomic E-state index is 6.30. The van der Waals surface area contributed by atoms with E-state index in [9.17, 15) is 0 Å². The molecular formula is C20H46O2Si2. The topological polar surface area (TPSA) is 18.5 Å². The summed E-state index contributed by atoms with van der Waals surface area (Å²) >= 11 is 0. The molecule has 0 amide bonds. The summed E-state index contributed by atoms with van der Waals surface area (Å²) in [5, 5.41) is 0. The second-order valence-corrected chi connectivity index (χ2v) is 16.2. The van der Waals surface area contributed by atoms with Crippen molar-refractivity contribution in [2.24, 2.45) is 0 Å². The van der Waals surface area contributed by atoms with Crippen LogP contribution in [0.1, 0.15) is 79.1 Å². The normalized spacial score (nSPS) is 12.8. The van der Waals surface area contributed by atoms with Gasteiger partial charge in [-0.25, -0.2) is 0 Å². The minimum atomic E-state index is -1.56. The fraction of sp³-hybridized carbons (Fsp3) is 1.00. The van der Waals surface area contributed by atoms with Gasteiger partial charge in [0.15, 0.2) is 16.6 Å². The molecule has 0 rings (SSSR count). The van der Waals surface area contributed by atoms with Gasteiger partial charge in [-0.15, -0.1) is 0 Å². The van der Waals surface area contributed by atoms with Crippen LogP contribution in [0.4, 0.5) is 0 Å². The lowest BCUT2D eigenvalue weighted by atomic mass is 10.4. The van der Waals surface area contributed by atoms with Crippen LogP contribution in [0.25, 0.3) is 0 Å². The van der Waals surface area contributed by atoms with Gasteiger partial charge in [0.25, 0.3) is 0 Å². The molecule has 0 aliphatic carbocycles. The Hall–Kier alpha value is 0.354. The van der Waals surface area contributed by atoms with Crippen LogP contribution in [0, 0.1) is 0 Å². The van der Waals surface area contributed by atoms with Gasteiger partial charge in [0.05, 0.1) is 0 Å². The van der Waals surface area contributed by atoms with Gasteiger partial charge in [-0.3, -0.25) is 0 Å². The molecule has 0 aliphatic heterocycles. The molecule has 0 spiro atoms. The number of unbranched alkanes of at least 4 members (excludes halogenated alkanes) is 4. The molecule has 0 radical (unpaired) electrons. The zero-order valence-corrected chi connectivity index (χ0v) is 19.7. The minimum absolute atomic E-state index is 1.29. The Balaban J connectivity index is 5.02. The average molecular weight is 375 g/mol. The molecule has 0 unspecified atom stereocenters. The highest BCUT2D eigenvalue weighted by molar-refractivity contribution is 6.79. The highest BCUT2D eigenvalue weighted by atomic mass is 28.4. The van der Waals surface area contributed by atoms with Crippen LogP contribution in [-0.2, 0) is 8.85 Å². The van der Waals surface area contributed by atoms with E-state index in [1.165, 1.54) is 87.6 Å². The van der Waals surface area contributed by atoms with Crippen LogP contribution in [-0.4, -0.2) is 30.9 Å². The van der Waals surface area contributed by atoms with Gasteiger partial charge in [0.2, 0.25) is 0 Å². The molecule has 0 saturated heterocycles. The molecule has 0 atom stereocenters. The average Bonchev–Trinajstić information content (AvgIpc) is 2.63. The summed E-state index contributed by atoms with van der Waals surface area (Å²) in [5.74, 6) is 0. The van der Waals surface area contributed by atoms with Gasteiger partial charge in [-0.1, -0.05) is 79.1 Å². The number of hydrogen-bond acceptors (Lipinski definition) is 2. The van der Waals surface area contributed by atoms with E-state index in [1.54, 1.807) is 0 Å². The Kier molecular flexibility index (Phi) is 14.7. The molecule has 146 valence electrons. The maximum Gasteiger partial charge on any atom is 0.192 e. The third-order valence-electron chi connectivity index (χ3n) is 5.85. The molecule has 0 N–H and O–H groups in total. The Labute approximate surface area is 155 Å². The predicted molar refractivity (Wildman–Crippen MR) is 114 cm³/mol. The van der Waals surface area contributed by atoms with Crippen LogP contribution < -0.4 is 0 Å². The monoisotopic (exact) mass is 374 g/mol. The van der Waals surface area contributed by atoms with E-state index in [2.05, 4.69) is 27.7 Å². The van der Waals surface area contributed by atoms with Crippen molar-refractivity contribution in [1.82, 2.24) is 0 Å². The van der Waals surface area contributed by atoms with E-state index in [-0.39, 0.29) is 0 Å². The summed E-state index contributed by atoms with van der Waals surface area (Å²) in [6.07, 6.45) is 10.5. The summed E-state index contributed by atoms with van der Waals surface area (Å²) in [4.78, 5) is 0. The van der Waals surface area contributed by atoms with Crippen molar-refractivity contribution in [1.29, 1.82) is 0 Å². The molecular weight excluding hydrogens is 328 g/mol. The first kappa shape index (κ1) is 24.4. The smallest absolute Gasteiger partial charge is 0.192 e. The SMILES string of the molecule is CCCC[Si](CCCC)(CC[Si](CCCC)(CCCC)OC)OC. The molecule has 0 aromatic carbocycles. The van der Waals surface area contributed by atoms with E-state index < -0.39 is 16.6 Å². The summed E-state index contributed by atoms with van der Waals surface area (Å²) in [7, 11) is 0.889. The lowest BCUT2D eigenvalue weighted by Gasteiger charge is -2.36. The highest BCUT2D eigenvalue weighted by Crippen LogP contribution is 2.35. The van der Waals surface area contributed by atoms with E-state index in [0.717, 1.165) is 0 Å². The van der Waals surface area contributed by atoms with Crippen molar-refractivity contribution in [3.8, 4) is 0 Å². The molecule has 0 fully saturated rings. The first-order valence-corrected chi connectivity index (χ1v) is 15.7. The van der Waals surface area contributed by atoms with Crippen molar-refractivity contribution >= 4 is 16.6 Å². The largest absolute Gasteiger partial charge is 0.420 e. The van der Waals surface area contributed by atoms with E-state index in [1.807, 2.05) is 14.2 Å².